The number of Topliss-reactive ketones (excluding diaryl/α,β-unsaturated/α-hetero) is 1. The van der Waals surface area contributed by atoms with Crippen LogP contribution in [0.1, 0.15) is 92.4 Å². The second-order valence-corrected chi connectivity index (χ2v) is 14.9. The lowest BCUT2D eigenvalue weighted by Crippen LogP contribution is -2.17. The Morgan fingerprint density at radius 2 is 1.57 bits per heavy atom. The molecule has 5 rings (SSSR count). The van der Waals surface area contributed by atoms with Gasteiger partial charge >= 0.3 is 6.18 Å². The third-order valence-corrected chi connectivity index (χ3v) is 10.4. The van der Waals surface area contributed by atoms with Crippen molar-refractivity contribution in [3.8, 4) is 11.6 Å². The van der Waals surface area contributed by atoms with Crippen LogP contribution >= 0.6 is 0 Å². The summed E-state index contributed by atoms with van der Waals surface area (Å²) in [5, 5.41) is 2.79. The highest BCUT2D eigenvalue weighted by atomic mass is 32.2. The van der Waals surface area contributed by atoms with Crippen molar-refractivity contribution in [2.24, 2.45) is 5.92 Å². The molecule has 0 spiro atoms. The van der Waals surface area contributed by atoms with Crippen molar-refractivity contribution >= 4 is 27.3 Å². The van der Waals surface area contributed by atoms with Gasteiger partial charge in [0.05, 0.1) is 17.1 Å². The van der Waals surface area contributed by atoms with Crippen LogP contribution in [0.3, 0.4) is 0 Å². The number of nitrogens with zero attached hydrogens (tertiary/aromatic N) is 2. The van der Waals surface area contributed by atoms with Gasteiger partial charge in [-0.05, 0) is 105 Å². The van der Waals surface area contributed by atoms with Gasteiger partial charge in [0.25, 0.3) is 0 Å². The maximum absolute atomic E-state index is 13.7. The molecular formula is C35H40F3N3O5S. The zero-order valence-electron chi connectivity index (χ0n) is 26.2. The number of aromatic nitrogens is 2. The number of nitrogens with one attached hydrogen (secondary N) is 1. The second kappa shape index (κ2) is 15.4. The zero-order valence-corrected chi connectivity index (χ0v) is 27.0. The third-order valence-electron chi connectivity index (χ3n) is 8.62. The van der Waals surface area contributed by atoms with Crippen molar-refractivity contribution in [3.05, 3.63) is 77.1 Å². The molecule has 252 valence electrons. The highest BCUT2D eigenvalue weighted by Crippen LogP contribution is 2.36. The van der Waals surface area contributed by atoms with E-state index in [0.717, 1.165) is 18.4 Å². The number of ketones is 1. The van der Waals surface area contributed by atoms with Crippen LogP contribution in [0, 0.1) is 5.92 Å². The van der Waals surface area contributed by atoms with Crippen LogP contribution < -0.4 is 10.1 Å². The first kappa shape index (κ1) is 34.5. The highest BCUT2D eigenvalue weighted by molar-refractivity contribution is 7.91. The van der Waals surface area contributed by atoms with Crippen LogP contribution in [0.5, 0.6) is 11.6 Å². The number of hydrogen-bond donors (Lipinski definition) is 1. The molecule has 47 heavy (non-hydrogen) atoms. The number of rotatable bonds is 13. The molecule has 2 fully saturated rings. The molecule has 3 heterocycles. The van der Waals surface area contributed by atoms with Gasteiger partial charge in [-0.3, -0.25) is 9.59 Å². The van der Waals surface area contributed by atoms with E-state index in [1.54, 1.807) is 36.7 Å². The fourth-order valence-corrected chi connectivity index (χ4v) is 7.32. The summed E-state index contributed by atoms with van der Waals surface area (Å²) in [7, 11) is -3.08. The third kappa shape index (κ3) is 10.9. The van der Waals surface area contributed by atoms with E-state index in [1.807, 2.05) is 6.07 Å². The average Bonchev–Trinajstić information content (AvgIpc) is 3.86. The molecular weight excluding hydrogens is 631 g/mol. The van der Waals surface area contributed by atoms with E-state index in [1.165, 1.54) is 12.1 Å². The van der Waals surface area contributed by atoms with Crippen molar-refractivity contribution in [3.63, 3.8) is 0 Å². The van der Waals surface area contributed by atoms with Crippen molar-refractivity contribution in [2.45, 2.75) is 89.1 Å². The molecule has 1 amide bonds. The van der Waals surface area contributed by atoms with Gasteiger partial charge in [0, 0.05) is 43.3 Å². The molecule has 0 atom stereocenters. The Morgan fingerprint density at radius 3 is 2.21 bits per heavy atom. The lowest BCUT2D eigenvalue weighted by atomic mass is 9.87. The molecule has 1 saturated carbocycles. The number of amides is 1. The number of aryl methyl sites for hydroxylation is 2. The lowest BCUT2D eigenvalue weighted by molar-refractivity contribution is -0.137. The van der Waals surface area contributed by atoms with Crippen molar-refractivity contribution in [2.75, 3.05) is 16.8 Å². The van der Waals surface area contributed by atoms with Crippen molar-refractivity contribution in [1.29, 1.82) is 0 Å². The summed E-state index contributed by atoms with van der Waals surface area (Å²) in [6, 6.07) is 11.1. The fraction of sp³-hybridized carbons (Fsp3) is 0.486. The summed E-state index contributed by atoms with van der Waals surface area (Å²) >= 11 is 0. The topological polar surface area (TPSA) is 115 Å². The van der Waals surface area contributed by atoms with E-state index in [9.17, 15) is 31.2 Å². The fourth-order valence-electron chi connectivity index (χ4n) is 5.90. The highest BCUT2D eigenvalue weighted by Gasteiger charge is 2.32. The van der Waals surface area contributed by atoms with E-state index in [2.05, 4.69) is 15.3 Å². The van der Waals surface area contributed by atoms with Crippen LogP contribution in [-0.4, -0.2) is 41.6 Å². The van der Waals surface area contributed by atoms with Crippen LogP contribution in [-0.2, 0) is 38.4 Å². The summed E-state index contributed by atoms with van der Waals surface area (Å²) in [6.07, 6.45) is 5.25. The van der Waals surface area contributed by atoms with Crippen molar-refractivity contribution < 1.29 is 35.9 Å². The molecule has 1 saturated heterocycles. The maximum atomic E-state index is 13.7. The predicted molar refractivity (Wildman–Crippen MR) is 172 cm³/mol. The molecule has 0 bridgehead atoms. The second-order valence-electron chi connectivity index (χ2n) is 12.6. The van der Waals surface area contributed by atoms with Crippen molar-refractivity contribution in [1.82, 2.24) is 9.97 Å². The Hall–Kier alpha value is -3.80. The van der Waals surface area contributed by atoms with E-state index >= 15 is 0 Å². The van der Waals surface area contributed by atoms with Gasteiger partial charge in [-0.15, -0.1) is 0 Å². The van der Waals surface area contributed by atoms with Crippen LogP contribution in [0.15, 0.2) is 54.9 Å². The SMILES string of the molecule is O=C(CCCc1ccc(Oc2ccnc(NC(=O)C3CC3)c2)nc1)CCCc1cc(C2CCCS(=O)(=O)CCC2)cc(C(F)(F)F)c1. The Labute approximate surface area is 273 Å². The van der Waals surface area contributed by atoms with E-state index in [4.69, 9.17) is 4.74 Å². The molecule has 1 aliphatic carbocycles. The standard InChI is InChI=1S/C35H40F3N3O5S/c36-35(37,38)29-20-25(19-28(21-29)26-7-3-17-47(44,45)18-4-8-26)6-2-10-30(42)9-1-5-24-11-14-33(40-23-24)46-31-15-16-39-32(22-31)41-34(43)27-12-13-27/h11,14-16,19-23,26-27H,1-10,12-13,17-18H2,(H,39,41,43). The summed E-state index contributed by atoms with van der Waals surface area (Å²) in [5.41, 5.74) is 1.41. The normalized spacial score (nSPS) is 17.0. The summed E-state index contributed by atoms with van der Waals surface area (Å²) < 4.78 is 70.9. The number of alkyl halides is 3. The molecule has 12 heteroatoms. The monoisotopic (exact) mass is 671 g/mol. The number of carbonyl (C=O) groups is 2. The number of sulfone groups is 1. The average molecular weight is 672 g/mol. The molecule has 2 aliphatic rings. The summed E-state index contributed by atoms with van der Waals surface area (Å²) in [5.74, 6) is 1.43. The van der Waals surface area contributed by atoms with Gasteiger partial charge in [-0.2, -0.15) is 13.2 Å². The van der Waals surface area contributed by atoms with Gasteiger partial charge in [0.2, 0.25) is 11.8 Å². The maximum Gasteiger partial charge on any atom is 0.416 e. The smallest absolute Gasteiger partial charge is 0.416 e. The number of halogens is 3. The van der Waals surface area contributed by atoms with E-state index < -0.39 is 21.6 Å². The molecule has 2 aromatic heterocycles. The molecule has 1 N–H and O–H groups in total. The number of anilines is 1. The van der Waals surface area contributed by atoms with Gasteiger partial charge in [-0.25, -0.2) is 18.4 Å². The van der Waals surface area contributed by atoms with Gasteiger partial charge in [0.1, 0.15) is 27.2 Å². The quantitative estimate of drug-likeness (QED) is 0.199. The first-order valence-electron chi connectivity index (χ1n) is 16.3. The predicted octanol–water partition coefficient (Wildman–Crippen LogP) is 7.62. The zero-order chi connectivity index (χ0) is 33.4. The molecule has 1 aliphatic heterocycles. The number of benzene rings is 1. The first-order chi connectivity index (χ1) is 22.4. The number of carbonyl (C=O) groups excluding carboxylic acids is 2. The Morgan fingerprint density at radius 1 is 0.872 bits per heavy atom. The van der Waals surface area contributed by atoms with Gasteiger partial charge in [0.15, 0.2) is 0 Å². The minimum atomic E-state index is -4.48. The van der Waals surface area contributed by atoms with Gasteiger partial charge in [-0.1, -0.05) is 12.1 Å². The summed E-state index contributed by atoms with van der Waals surface area (Å²) in [6.45, 7) is 0. The molecule has 1 aromatic carbocycles. The molecule has 3 aromatic rings. The number of hydrogen-bond acceptors (Lipinski definition) is 7. The van der Waals surface area contributed by atoms with Crippen LogP contribution in [0.2, 0.25) is 0 Å². The number of pyridine rings is 2. The van der Waals surface area contributed by atoms with Crippen LogP contribution in [0.25, 0.3) is 0 Å². The first-order valence-corrected chi connectivity index (χ1v) is 18.1. The Bertz CT molecular complexity index is 1640. The van der Waals surface area contributed by atoms with Gasteiger partial charge < -0.3 is 10.1 Å². The molecule has 8 nitrogen and oxygen atoms in total. The summed E-state index contributed by atoms with van der Waals surface area (Å²) in [4.78, 5) is 33.1. The van der Waals surface area contributed by atoms with E-state index in [-0.39, 0.29) is 41.5 Å². The largest absolute Gasteiger partial charge is 0.439 e. The molecule has 0 radical (unpaired) electrons. The minimum absolute atomic E-state index is 0.0376. The minimum Gasteiger partial charge on any atom is -0.439 e. The molecule has 0 unspecified atom stereocenters. The lowest BCUT2D eigenvalue weighted by Gasteiger charge is -2.22. The number of ether oxygens (including phenoxy) is 1. The Balaban J connectivity index is 1.06. The van der Waals surface area contributed by atoms with E-state index in [0.29, 0.717) is 86.4 Å². The van der Waals surface area contributed by atoms with Crippen LogP contribution in [0.4, 0.5) is 19.0 Å². The Kier molecular flexibility index (Phi) is 11.3.